The molecule has 0 unspecified atom stereocenters. The standard InChI is InChI=1S/C16H23N3O2/c1-16(2,3)19-15(21)11-4-6-13(7-5-11)18-14(20)10-17-12-8-9-12/h4-7,12,17H,8-10H2,1-3H3,(H,18,20)(H,19,21). The van der Waals surface area contributed by atoms with Crippen molar-refractivity contribution in [2.45, 2.75) is 45.2 Å². The fourth-order valence-corrected chi connectivity index (χ4v) is 1.85. The second kappa shape index (κ2) is 6.26. The number of nitrogens with one attached hydrogen (secondary N) is 3. The van der Waals surface area contributed by atoms with Crippen molar-refractivity contribution in [1.82, 2.24) is 10.6 Å². The first-order valence-electron chi connectivity index (χ1n) is 7.29. The molecule has 1 aliphatic carbocycles. The monoisotopic (exact) mass is 289 g/mol. The Labute approximate surface area is 125 Å². The first kappa shape index (κ1) is 15.5. The Hall–Kier alpha value is -1.88. The maximum absolute atomic E-state index is 12.0. The van der Waals surface area contributed by atoms with Gasteiger partial charge >= 0.3 is 0 Å². The summed E-state index contributed by atoms with van der Waals surface area (Å²) in [6.07, 6.45) is 2.32. The lowest BCUT2D eigenvalue weighted by Gasteiger charge is -2.20. The van der Waals surface area contributed by atoms with Gasteiger partial charge in [0.1, 0.15) is 0 Å². The van der Waals surface area contributed by atoms with Gasteiger partial charge in [-0.1, -0.05) is 0 Å². The first-order chi connectivity index (χ1) is 9.83. The smallest absolute Gasteiger partial charge is 0.251 e. The second-order valence-electron chi connectivity index (χ2n) is 6.48. The Morgan fingerprint density at radius 2 is 1.76 bits per heavy atom. The van der Waals surface area contributed by atoms with Crippen molar-refractivity contribution in [3.05, 3.63) is 29.8 Å². The third-order valence-electron chi connectivity index (χ3n) is 3.05. The van der Waals surface area contributed by atoms with Gasteiger partial charge in [0.2, 0.25) is 5.91 Å². The summed E-state index contributed by atoms with van der Waals surface area (Å²) in [4.78, 5) is 23.7. The SMILES string of the molecule is CC(C)(C)NC(=O)c1ccc(NC(=O)CNC2CC2)cc1. The van der Waals surface area contributed by atoms with Gasteiger partial charge in [-0.05, 0) is 57.9 Å². The van der Waals surface area contributed by atoms with Gasteiger partial charge in [-0.25, -0.2) is 0 Å². The van der Waals surface area contributed by atoms with Crippen molar-refractivity contribution >= 4 is 17.5 Å². The number of carbonyl (C=O) groups excluding carboxylic acids is 2. The summed E-state index contributed by atoms with van der Waals surface area (Å²) < 4.78 is 0. The van der Waals surface area contributed by atoms with Crippen molar-refractivity contribution < 1.29 is 9.59 Å². The Bertz CT molecular complexity index is 513. The Morgan fingerprint density at radius 3 is 2.29 bits per heavy atom. The van der Waals surface area contributed by atoms with Crippen LogP contribution in [0.5, 0.6) is 0 Å². The van der Waals surface area contributed by atoms with Crippen LogP contribution in [0.1, 0.15) is 44.0 Å². The van der Waals surface area contributed by atoms with E-state index in [-0.39, 0.29) is 17.4 Å². The van der Waals surface area contributed by atoms with E-state index < -0.39 is 0 Å². The lowest BCUT2D eigenvalue weighted by atomic mass is 10.1. The summed E-state index contributed by atoms with van der Waals surface area (Å²) in [5.41, 5.74) is 1.02. The maximum Gasteiger partial charge on any atom is 0.251 e. The van der Waals surface area contributed by atoms with Crippen LogP contribution >= 0.6 is 0 Å². The highest BCUT2D eigenvalue weighted by molar-refractivity contribution is 5.96. The van der Waals surface area contributed by atoms with Crippen LogP contribution in [0.25, 0.3) is 0 Å². The van der Waals surface area contributed by atoms with Crippen molar-refractivity contribution in [2.75, 3.05) is 11.9 Å². The van der Waals surface area contributed by atoms with Crippen LogP contribution in [0, 0.1) is 0 Å². The van der Waals surface area contributed by atoms with Gasteiger partial charge in [0.15, 0.2) is 0 Å². The minimum Gasteiger partial charge on any atom is -0.347 e. The molecule has 2 rings (SSSR count). The Balaban J connectivity index is 1.85. The van der Waals surface area contributed by atoms with E-state index in [1.54, 1.807) is 24.3 Å². The summed E-state index contributed by atoms with van der Waals surface area (Å²) >= 11 is 0. The van der Waals surface area contributed by atoms with Crippen molar-refractivity contribution in [1.29, 1.82) is 0 Å². The lowest BCUT2D eigenvalue weighted by molar-refractivity contribution is -0.115. The van der Waals surface area contributed by atoms with Crippen LogP contribution < -0.4 is 16.0 Å². The minimum absolute atomic E-state index is 0.0613. The third-order valence-corrected chi connectivity index (χ3v) is 3.05. The molecule has 1 aliphatic rings. The quantitative estimate of drug-likeness (QED) is 0.775. The molecule has 2 amide bonds. The first-order valence-corrected chi connectivity index (χ1v) is 7.29. The Morgan fingerprint density at radius 1 is 1.14 bits per heavy atom. The molecule has 1 aromatic rings. The molecule has 0 heterocycles. The van der Waals surface area contributed by atoms with Gasteiger partial charge in [-0.15, -0.1) is 0 Å². The van der Waals surface area contributed by atoms with Crippen LogP contribution in [0.3, 0.4) is 0 Å². The summed E-state index contributed by atoms with van der Waals surface area (Å²) in [5.74, 6) is -0.176. The summed E-state index contributed by atoms with van der Waals surface area (Å²) in [5, 5.41) is 8.86. The maximum atomic E-state index is 12.0. The average molecular weight is 289 g/mol. The van der Waals surface area contributed by atoms with Gasteiger partial charge in [-0.2, -0.15) is 0 Å². The fraction of sp³-hybridized carbons (Fsp3) is 0.500. The number of amides is 2. The molecule has 0 saturated heterocycles. The van der Waals surface area contributed by atoms with Crippen LogP contribution in [0.2, 0.25) is 0 Å². The van der Waals surface area contributed by atoms with Crippen molar-refractivity contribution in [3.63, 3.8) is 0 Å². The van der Waals surface area contributed by atoms with E-state index in [0.29, 0.717) is 23.8 Å². The molecule has 5 heteroatoms. The normalized spacial score (nSPS) is 14.6. The molecule has 1 aromatic carbocycles. The summed E-state index contributed by atoms with van der Waals surface area (Å²) in [6, 6.07) is 7.43. The van der Waals surface area contributed by atoms with Crippen LogP contribution in [-0.2, 0) is 4.79 Å². The largest absolute Gasteiger partial charge is 0.347 e. The van der Waals surface area contributed by atoms with Crippen LogP contribution in [0.15, 0.2) is 24.3 Å². The average Bonchev–Trinajstić information content (AvgIpc) is 3.19. The van der Waals surface area contributed by atoms with E-state index in [2.05, 4.69) is 16.0 Å². The number of hydrogen-bond donors (Lipinski definition) is 3. The lowest BCUT2D eigenvalue weighted by Crippen LogP contribution is -2.40. The van der Waals surface area contributed by atoms with Gasteiger partial charge in [0, 0.05) is 22.8 Å². The molecule has 0 spiro atoms. The predicted molar refractivity (Wildman–Crippen MR) is 83.3 cm³/mol. The zero-order chi connectivity index (χ0) is 15.5. The molecule has 0 bridgehead atoms. The van der Waals surface area contributed by atoms with Crippen molar-refractivity contribution in [2.24, 2.45) is 0 Å². The van der Waals surface area contributed by atoms with E-state index >= 15 is 0 Å². The summed E-state index contributed by atoms with van der Waals surface area (Å²) in [6.45, 7) is 6.14. The van der Waals surface area contributed by atoms with E-state index in [9.17, 15) is 9.59 Å². The highest BCUT2D eigenvalue weighted by Crippen LogP contribution is 2.18. The molecule has 5 nitrogen and oxygen atoms in total. The number of anilines is 1. The fourth-order valence-electron chi connectivity index (χ4n) is 1.85. The number of rotatable bonds is 5. The number of carbonyl (C=O) groups is 2. The molecule has 114 valence electrons. The van der Waals surface area contributed by atoms with E-state index in [1.807, 2.05) is 20.8 Å². The molecule has 1 fully saturated rings. The number of benzene rings is 1. The minimum atomic E-state index is -0.265. The molecule has 0 atom stereocenters. The molecule has 21 heavy (non-hydrogen) atoms. The molecular weight excluding hydrogens is 266 g/mol. The van der Waals surface area contributed by atoms with Crippen molar-refractivity contribution in [3.8, 4) is 0 Å². The molecule has 0 aliphatic heterocycles. The van der Waals surface area contributed by atoms with E-state index in [1.165, 1.54) is 0 Å². The molecule has 0 aromatic heterocycles. The second-order valence-corrected chi connectivity index (χ2v) is 6.48. The van der Waals surface area contributed by atoms with Gasteiger partial charge in [0.25, 0.3) is 5.91 Å². The molecule has 3 N–H and O–H groups in total. The number of hydrogen-bond acceptors (Lipinski definition) is 3. The molecule has 0 radical (unpaired) electrons. The molecule has 1 saturated carbocycles. The molecular formula is C16H23N3O2. The topological polar surface area (TPSA) is 70.2 Å². The Kier molecular flexibility index (Phi) is 4.63. The van der Waals surface area contributed by atoms with Crippen LogP contribution in [-0.4, -0.2) is 29.9 Å². The summed E-state index contributed by atoms with van der Waals surface area (Å²) in [7, 11) is 0. The van der Waals surface area contributed by atoms with Gasteiger partial charge in [0.05, 0.1) is 6.54 Å². The van der Waals surface area contributed by atoms with E-state index in [0.717, 1.165) is 12.8 Å². The van der Waals surface area contributed by atoms with E-state index in [4.69, 9.17) is 0 Å². The van der Waals surface area contributed by atoms with Gasteiger partial charge < -0.3 is 16.0 Å². The zero-order valence-corrected chi connectivity index (χ0v) is 12.8. The predicted octanol–water partition coefficient (Wildman–Crippen LogP) is 1.91. The zero-order valence-electron chi connectivity index (χ0n) is 12.8. The van der Waals surface area contributed by atoms with Crippen LogP contribution in [0.4, 0.5) is 5.69 Å². The highest BCUT2D eigenvalue weighted by atomic mass is 16.2. The van der Waals surface area contributed by atoms with Gasteiger partial charge in [-0.3, -0.25) is 9.59 Å². The third kappa shape index (κ3) is 5.55. The highest BCUT2D eigenvalue weighted by Gasteiger charge is 2.21.